The van der Waals surface area contributed by atoms with Crippen molar-refractivity contribution in [3.8, 4) is 11.5 Å². The first-order valence-corrected chi connectivity index (χ1v) is 8.64. The zero-order valence-electron chi connectivity index (χ0n) is 16.0. The Morgan fingerprint density at radius 1 is 1.10 bits per heavy atom. The number of benzene rings is 2. The van der Waals surface area contributed by atoms with Crippen LogP contribution in [-0.4, -0.2) is 27.0 Å². The van der Waals surface area contributed by atoms with Gasteiger partial charge in [-0.1, -0.05) is 12.1 Å². The van der Waals surface area contributed by atoms with Gasteiger partial charge in [-0.15, -0.1) is 24.8 Å². The van der Waals surface area contributed by atoms with Crippen LogP contribution < -0.4 is 15.8 Å². The van der Waals surface area contributed by atoms with Crippen molar-refractivity contribution in [2.24, 2.45) is 5.73 Å². The van der Waals surface area contributed by atoms with Gasteiger partial charge in [0.15, 0.2) is 0 Å². The lowest BCUT2D eigenvalue weighted by Crippen LogP contribution is -2.32. The van der Waals surface area contributed by atoms with Crippen LogP contribution in [0, 0.1) is 10.1 Å². The van der Waals surface area contributed by atoms with Gasteiger partial charge in [-0.3, -0.25) is 14.9 Å². The second-order valence-corrected chi connectivity index (χ2v) is 6.17. The highest BCUT2D eigenvalue weighted by atomic mass is 35.5. The van der Waals surface area contributed by atoms with E-state index in [0.29, 0.717) is 17.2 Å². The van der Waals surface area contributed by atoms with E-state index in [9.17, 15) is 14.9 Å². The van der Waals surface area contributed by atoms with Crippen LogP contribution in [-0.2, 0) is 11.2 Å². The van der Waals surface area contributed by atoms with Gasteiger partial charge in [0.25, 0.3) is 0 Å². The molecule has 0 saturated heterocycles. The predicted molar refractivity (Wildman–Crippen MR) is 121 cm³/mol. The molecular weight excluding hydrogens is 447 g/mol. The summed E-state index contributed by atoms with van der Waals surface area (Å²) in [5, 5.41) is 22.8. The molecule has 0 saturated carbocycles. The van der Waals surface area contributed by atoms with E-state index in [1.807, 2.05) is 0 Å². The first-order valence-electron chi connectivity index (χ1n) is 8.64. The Bertz CT molecular complexity index is 1020. The molecule has 1 atom stereocenters. The quantitative estimate of drug-likeness (QED) is 0.329. The molecular formula is C20H20Cl2N4O5. The van der Waals surface area contributed by atoms with E-state index in [0.717, 1.165) is 5.56 Å². The number of nitrogens with zero attached hydrogens (tertiary/aromatic N) is 2. The molecule has 11 heteroatoms. The number of anilines is 2. The summed E-state index contributed by atoms with van der Waals surface area (Å²) in [6.07, 6.45) is 1.70. The van der Waals surface area contributed by atoms with Crippen LogP contribution in [0.15, 0.2) is 66.9 Å². The smallest absolute Gasteiger partial charge is 0.320 e. The van der Waals surface area contributed by atoms with Crippen LogP contribution in [0.4, 0.5) is 17.2 Å². The number of hydrogen-bond donors (Lipinski definition) is 3. The summed E-state index contributed by atoms with van der Waals surface area (Å²) in [6.45, 7) is 0. The Labute approximate surface area is 190 Å². The lowest BCUT2D eigenvalue weighted by Gasteiger charge is -2.10. The molecule has 0 radical (unpaired) electrons. The molecule has 0 spiro atoms. The van der Waals surface area contributed by atoms with Crippen molar-refractivity contribution in [2.75, 3.05) is 5.32 Å². The minimum absolute atomic E-state index is 0. The molecule has 4 N–H and O–H groups in total. The number of ether oxygens (including phenoxy) is 1. The average Bonchev–Trinajstić information content (AvgIpc) is 2.71. The van der Waals surface area contributed by atoms with Crippen molar-refractivity contribution in [3.05, 3.63) is 82.5 Å². The molecule has 0 aliphatic carbocycles. The van der Waals surface area contributed by atoms with Crippen LogP contribution in [0.25, 0.3) is 0 Å². The third-order valence-corrected chi connectivity index (χ3v) is 4.03. The van der Waals surface area contributed by atoms with Crippen molar-refractivity contribution < 1.29 is 19.6 Å². The second-order valence-electron chi connectivity index (χ2n) is 6.17. The highest BCUT2D eigenvalue weighted by molar-refractivity contribution is 5.85. The molecule has 31 heavy (non-hydrogen) atoms. The number of nitro groups is 1. The summed E-state index contributed by atoms with van der Waals surface area (Å²) < 4.78 is 5.75. The second kappa shape index (κ2) is 11.7. The van der Waals surface area contributed by atoms with Gasteiger partial charge >= 0.3 is 11.7 Å². The van der Waals surface area contributed by atoms with E-state index < -0.39 is 16.9 Å². The molecule has 0 aliphatic heterocycles. The van der Waals surface area contributed by atoms with Crippen molar-refractivity contribution in [3.63, 3.8) is 0 Å². The molecule has 3 rings (SSSR count). The molecule has 1 heterocycles. The van der Waals surface area contributed by atoms with Crippen LogP contribution in [0.5, 0.6) is 11.5 Å². The molecule has 2 aromatic carbocycles. The summed E-state index contributed by atoms with van der Waals surface area (Å²) >= 11 is 0. The van der Waals surface area contributed by atoms with Crippen molar-refractivity contribution in [1.29, 1.82) is 0 Å². The lowest BCUT2D eigenvalue weighted by molar-refractivity contribution is -0.384. The monoisotopic (exact) mass is 466 g/mol. The molecule has 0 aliphatic rings. The number of hydrogen-bond acceptors (Lipinski definition) is 7. The van der Waals surface area contributed by atoms with Crippen LogP contribution in [0.1, 0.15) is 5.56 Å². The fourth-order valence-corrected chi connectivity index (χ4v) is 2.55. The van der Waals surface area contributed by atoms with E-state index in [1.54, 1.807) is 48.5 Å². The molecule has 0 unspecified atom stereocenters. The number of carbonyl (C=O) groups is 1. The Kier molecular flexibility index (Phi) is 9.68. The molecule has 1 aromatic heterocycles. The SMILES string of the molecule is Cl.Cl.N[C@@H](Cc1ccc(Oc2ccc(Nc3ncccc3[N+](=O)[O-])cc2)cc1)C(=O)O. The Hall–Kier alpha value is -3.40. The minimum Gasteiger partial charge on any atom is -0.480 e. The molecule has 0 bridgehead atoms. The zero-order chi connectivity index (χ0) is 20.8. The maximum Gasteiger partial charge on any atom is 0.320 e. The highest BCUT2D eigenvalue weighted by Gasteiger charge is 2.14. The topological polar surface area (TPSA) is 141 Å². The van der Waals surface area contributed by atoms with Crippen molar-refractivity contribution >= 4 is 48.0 Å². The standard InChI is InChI=1S/C20H18N4O5.2ClH/c21-17(20(25)26)12-13-3-7-15(8-4-13)29-16-9-5-14(6-10-16)23-19-18(24(27)28)2-1-11-22-19;;/h1-11,17H,12,21H2,(H,22,23)(H,25,26);2*1H/t17-;;/m0../s1. The lowest BCUT2D eigenvalue weighted by atomic mass is 10.1. The van der Waals surface area contributed by atoms with Gasteiger partial charge in [0.1, 0.15) is 17.5 Å². The highest BCUT2D eigenvalue weighted by Crippen LogP contribution is 2.27. The summed E-state index contributed by atoms with van der Waals surface area (Å²) in [4.78, 5) is 25.4. The Morgan fingerprint density at radius 2 is 1.68 bits per heavy atom. The van der Waals surface area contributed by atoms with Gasteiger partial charge in [-0.05, 0) is 54.4 Å². The number of carboxylic acid groups (broad SMARTS) is 1. The van der Waals surface area contributed by atoms with Gasteiger partial charge in [-0.2, -0.15) is 0 Å². The van der Waals surface area contributed by atoms with Gasteiger partial charge in [0.05, 0.1) is 4.92 Å². The van der Waals surface area contributed by atoms with Crippen LogP contribution in [0.3, 0.4) is 0 Å². The maximum absolute atomic E-state index is 11.1. The number of aliphatic carboxylic acids is 1. The molecule has 0 amide bonds. The van der Waals surface area contributed by atoms with Gasteiger partial charge in [-0.25, -0.2) is 4.98 Å². The number of nitrogens with two attached hydrogens (primary N) is 1. The number of aromatic nitrogens is 1. The van der Waals surface area contributed by atoms with Crippen molar-refractivity contribution in [2.45, 2.75) is 12.5 Å². The van der Waals surface area contributed by atoms with Crippen LogP contribution in [0.2, 0.25) is 0 Å². The fraction of sp³-hybridized carbons (Fsp3) is 0.100. The third-order valence-electron chi connectivity index (χ3n) is 4.03. The summed E-state index contributed by atoms with van der Waals surface area (Å²) in [7, 11) is 0. The van der Waals surface area contributed by atoms with E-state index in [-0.39, 0.29) is 42.7 Å². The fourth-order valence-electron chi connectivity index (χ4n) is 2.55. The van der Waals surface area contributed by atoms with E-state index in [2.05, 4.69) is 10.3 Å². The van der Waals surface area contributed by atoms with Gasteiger partial charge in [0.2, 0.25) is 5.82 Å². The van der Waals surface area contributed by atoms with Crippen LogP contribution >= 0.6 is 24.8 Å². The third kappa shape index (κ3) is 7.10. The molecule has 0 fully saturated rings. The van der Waals surface area contributed by atoms with E-state index >= 15 is 0 Å². The Balaban J connectivity index is 0.00000240. The van der Waals surface area contributed by atoms with E-state index in [1.165, 1.54) is 18.3 Å². The Morgan fingerprint density at radius 3 is 2.23 bits per heavy atom. The number of rotatable bonds is 8. The largest absolute Gasteiger partial charge is 0.480 e. The van der Waals surface area contributed by atoms with Gasteiger partial charge < -0.3 is 20.9 Å². The van der Waals surface area contributed by atoms with Crippen molar-refractivity contribution in [1.82, 2.24) is 4.98 Å². The van der Waals surface area contributed by atoms with Gasteiger partial charge in [0, 0.05) is 18.0 Å². The zero-order valence-corrected chi connectivity index (χ0v) is 17.6. The molecule has 164 valence electrons. The maximum atomic E-state index is 11.1. The van der Waals surface area contributed by atoms with E-state index in [4.69, 9.17) is 15.6 Å². The number of pyridine rings is 1. The summed E-state index contributed by atoms with van der Waals surface area (Å²) in [5.41, 5.74) is 6.83. The summed E-state index contributed by atoms with van der Waals surface area (Å²) in [6, 6.07) is 15.8. The number of halogens is 2. The number of carboxylic acids is 1. The number of nitrogens with one attached hydrogen (secondary N) is 1. The first-order chi connectivity index (χ1) is 13.9. The predicted octanol–water partition coefficient (Wildman–Crippen LogP) is 4.32. The summed E-state index contributed by atoms with van der Waals surface area (Å²) in [5.74, 6) is 0.260. The first kappa shape index (κ1) is 25.6. The molecule has 3 aromatic rings. The normalized spacial score (nSPS) is 10.7. The minimum atomic E-state index is -1.05. The molecule has 9 nitrogen and oxygen atoms in total. The average molecular weight is 467 g/mol.